The first-order valence-electron chi connectivity index (χ1n) is 15.0. The fourth-order valence-corrected chi connectivity index (χ4v) is 4.40. The van der Waals surface area contributed by atoms with Crippen LogP contribution >= 0.6 is 0 Å². The van der Waals surface area contributed by atoms with E-state index in [9.17, 15) is 14.7 Å². The van der Waals surface area contributed by atoms with Crippen LogP contribution in [0, 0.1) is 0 Å². The van der Waals surface area contributed by atoms with Gasteiger partial charge in [-0.1, -0.05) is 117 Å². The van der Waals surface area contributed by atoms with Gasteiger partial charge in [0.1, 0.15) is 5.60 Å². The minimum Gasteiger partial charge on any atom is -0.466 e. The largest absolute Gasteiger partial charge is 0.466 e. The predicted molar refractivity (Wildman–Crippen MR) is 145 cm³/mol. The van der Waals surface area contributed by atoms with Crippen LogP contribution in [0.25, 0.3) is 0 Å². The molecule has 0 saturated carbocycles. The summed E-state index contributed by atoms with van der Waals surface area (Å²) in [6.45, 7) is 6.45. The quantitative estimate of drug-likeness (QED) is 0.0956. The zero-order valence-electron chi connectivity index (χ0n) is 23.6. The molecular weight excluding hydrogens is 440 g/mol. The van der Waals surface area contributed by atoms with E-state index >= 15 is 0 Å². The smallest absolute Gasteiger partial charge is 0.306 e. The third-order valence-corrected chi connectivity index (χ3v) is 6.86. The van der Waals surface area contributed by atoms with Crippen molar-refractivity contribution >= 4 is 11.9 Å². The van der Waals surface area contributed by atoms with Crippen LogP contribution in [0.1, 0.15) is 162 Å². The third kappa shape index (κ3) is 23.1. The molecule has 0 spiro atoms. The Labute approximate surface area is 217 Å². The number of hydrogen-bond donors (Lipinski definition) is 1. The van der Waals surface area contributed by atoms with Crippen LogP contribution in [0.3, 0.4) is 0 Å². The SMILES string of the molecule is CCCCCCCCCCCC(=O)OCCC(C)(CCO)OC(=O)CCCCCCCCCCC. The summed E-state index contributed by atoms with van der Waals surface area (Å²) in [7, 11) is 0. The fraction of sp³-hybridized carbons (Fsp3) is 0.933. The molecular formula is C30H58O5. The topological polar surface area (TPSA) is 72.8 Å². The standard InChI is InChI=1S/C30H58O5/c1-4-6-8-10-12-14-16-18-20-22-28(32)34-27-25-30(3,24-26-31)35-29(33)23-21-19-17-15-13-11-9-7-5-2/h31H,4-27H2,1-3H3. The van der Waals surface area contributed by atoms with E-state index in [1.807, 2.05) is 6.92 Å². The van der Waals surface area contributed by atoms with Crippen LogP contribution in [0.2, 0.25) is 0 Å². The maximum Gasteiger partial charge on any atom is 0.306 e. The Hall–Kier alpha value is -1.10. The van der Waals surface area contributed by atoms with E-state index in [1.54, 1.807) is 0 Å². The summed E-state index contributed by atoms with van der Waals surface area (Å²) in [5.41, 5.74) is -0.789. The molecule has 0 aliphatic carbocycles. The van der Waals surface area contributed by atoms with Crippen molar-refractivity contribution in [3.63, 3.8) is 0 Å². The van der Waals surface area contributed by atoms with E-state index in [1.165, 1.54) is 89.9 Å². The van der Waals surface area contributed by atoms with Gasteiger partial charge in [-0.3, -0.25) is 9.59 Å². The molecule has 0 rings (SSSR count). The molecule has 5 nitrogen and oxygen atoms in total. The van der Waals surface area contributed by atoms with Gasteiger partial charge in [0.05, 0.1) is 6.61 Å². The summed E-state index contributed by atoms with van der Waals surface area (Å²) in [5.74, 6) is -0.398. The first-order chi connectivity index (χ1) is 17.0. The Balaban J connectivity index is 3.89. The minimum atomic E-state index is -0.789. The molecule has 0 fully saturated rings. The molecule has 0 amide bonds. The number of carbonyl (C=O) groups is 2. The molecule has 0 aliphatic rings. The molecule has 1 N–H and O–H groups in total. The molecule has 0 bridgehead atoms. The van der Waals surface area contributed by atoms with Crippen molar-refractivity contribution in [3.05, 3.63) is 0 Å². The van der Waals surface area contributed by atoms with E-state index in [-0.39, 0.29) is 25.2 Å². The Morgan fingerprint density at radius 3 is 1.43 bits per heavy atom. The molecule has 35 heavy (non-hydrogen) atoms. The molecule has 0 saturated heterocycles. The monoisotopic (exact) mass is 498 g/mol. The predicted octanol–water partition coefficient (Wildman–Crippen LogP) is 8.45. The van der Waals surface area contributed by atoms with Gasteiger partial charge in [-0.15, -0.1) is 0 Å². The number of esters is 2. The average molecular weight is 499 g/mol. The number of aliphatic hydroxyl groups excluding tert-OH is 1. The third-order valence-electron chi connectivity index (χ3n) is 6.86. The zero-order valence-corrected chi connectivity index (χ0v) is 23.6. The van der Waals surface area contributed by atoms with Crippen molar-refractivity contribution < 1.29 is 24.2 Å². The highest BCUT2D eigenvalue weighted by molar-refractivity contribution is 5.70. The van der Waals surface area contributed by atoms with Crippen LogP contribution in [0.4, 0.5) is 0 Å². The fourth-order valence-electron chi connectivity index (χ4n) is 4.40. The van der Waals surface area contributed by atoms with Gasteiger partial charge >= 0.3 is 11.9 Å². The average Bonchev–Trinajstić information content (AvgIpc) is 2.82. The molecule has 208 valence electrons. The molecule has 0 aromatic heterocycles. The lowest BCUT2D eigenvalue weighted by molar-refractivity contribution is -0.162. The van der Waals surface area contributed by atoms with Crippen LogP contribution in [0.15, 0.2) is 0 Å². The number of aliphatic hydroxyl groups is 1. The Bertz CT molecular complexity index is 493. The van der Waals surface area contributed by atoms with E-state index in [2.05, 4.69) is 13.8 Å². The molecule has 1 atom stereocenters. The first-order valence-corrected chi connectivity index (χ1v) is 15.0. The summed E-state index contributed by atoms with van der Waals surface area (Å²) in [4.78, 5) is 24.4. The lowest BCUT2D eigenvalue weighted by Gasteiger charge is -2.29. The van der Waals surface area contributed by atoms with Gasteiger partial charge < -0.3 is 14.6 Å². The lowest BCUT2D eigenvalue weighted by atomic mass is 9.98. The summed E-state index contributed by atoms with van der Waals surface area (Å²) < 4.78 is 11.1. The summed E-state index contributed by atoms with van der Waals surface area (Å²) in [6.07, 6.45) is 23.4. The maximum atomic E-state index is 12.3. The molecule has 0 aromatic carbocycles. The van der Waals surface area contributed by atoms with Crippen molar-refractivity contribution in [2.75, 3.05) is 13.2 Å². The number of ether oxygens (including phenoxy) is 2. The van der Waals surface area contributed by atoms with E-state index < -0.39 is 5.60 Å². The summed E-state index contributed by atoms with van der Waals surface area (Å²) in [6, 6.07) is 0. The Morgan fingerprint density at radius 2 is 1.00 bits per heavy atom. The van der Waals surface area contributed by atoms with Gasteiger partial charge in [0.25, 0.3) is 0 Å². The van der Waals surface area contributed by atoms with Gasteiger partial charge in [0.2, 0.25) is 0 Å². The van der Waals surface area contributed by atoms with Crippen molar-refractivity contribution in [1.29, 1.82) is 0 Å². The van der Waals surface area contributed by atoms with Crippen LogP contribution in [0.5, 0.6) is 0 Å². The van der Waals surface area contributed by atoms with E-state index in [0.717, 1.165) is 25.7 Å². The van der Waals surface area contributed by atoms with E-state index in [0.29, 0.717) is 25.7 Å². The number of unbranched alkanes of at least 4 members (excludes halogenated alkanes) is 16. The highest BCUT2D eigenvalue weighted by Gasteiger charge is 2.28. The summed E-state index contributed by atoms with van der Waals surface area (Å²) in [5, 5.41) is 9.42. The van der Waals surface area contributed by atoms with Crippen molar-refractivity contribution in [1.82, 2.24) is 0 Å². The van der Waals surface area contributed by atoms with E-state index in [4.69, 9.17) is 9.47 Å². The van der Waals surface area contributed by atoms with Gasteiger partial charge in [-0.2, -0.15) is 0 Å². The maximum absolute atomic E-state index is 12.3. The van der Waals surface area contributed by atoms with Crippen LogP contribution < -0.4 is 0 Å². The highest BCUT2D eigenvalue weighted by Crippen LogP contribution is 2.22. The van der Waals surface area contributed by atoms with Crippen molar-refractivity contribution in [2.24, 2.45) is 0 Å². The lowest BCUT2D eigenvalue weighted by Crippen LogP contribution is -2.34. The number of hydrogen-bond acceptors (Lipinski definition) is 5. The zero-order chi connectivity index (χ0) is 26.0. The number of carbonyl (C=O) groups excluding carboxylic acids is 2. The Morgan fingerprint density at radius 1 is 0.600 bits per heavy atom. The van der Waals surface area contributed by atoms with Crippen molar-refractivity contribution in [2.45, 2.75) is 168 Å². The molecule has 0 aromatic rings. The summed E-state index contributed by atoms with van der Waals surface area (Å²) >= 11 is 0. The molecule has 0 heterocycles. The molecule has 1 unspecified atom stereocenters. The normalized spacial score (nSPS) is 12.9. The number of rotatable bonds is 26. The Kier molecular flexibility index (Phi) is 23.8. The molecule has 0 aliphatic heterocycles. The van der Waals surface area contributed by atoms with Crippen LogP contribution in [-0.2, 0) is 19.1 Å². The van der Waals surface area contributed by atoms with Gasteiger partial charge in [0.15, 0.2) is 0 Å². The van der Waals surface area contributed by atoms with Gasteiger partial charge in [-0.25, -0.2) is 0 Å². The van der Waals surface area contributed by atoms with Crippen molar-refractivity contribution in [3.8, 4) is 0 Å². The van der Waals surface area contributed by atoms with Gasteiger partial charge in [0, 0.05) is 32.3 Å². The second kappa shape index (κ2) is 24.6. The van der Waals surface area contributed by atoms with Crippen LogP contribution in [-0.4, -0.2) is 35.9 Å². The van der Waals surface area contributed by atoms with Gasteiger partial charge in [-0.05, 0) is 19.8 Å². The molecule has 5 heteroatoms. The highest BCUT2D eigenvalue weighted by atomic mass is 16.6. The molecule has 0 radical (unpaired) electrons. The first kappa shape index (κ1) is 33.9. The second-order valence-electron chi connectivity index (χ2n) is 10.5. The minimum absolute atomic E-state index is 0.0613. The second-order valence-corrected chi connectivity index (χ2v) is 10.5.